The summed E-state index contributed by atoms with van der Waals surface area (Å²) in [4.78, 5) is 17.2. The summed E-state index contributed by atoms with van der Waals surface area (Å²) in [5, 5.41) is 4.10. The van der Waals surface area contributed by atoms with Crippen molar-refractivity contribution < 1.29 is 4.79 Å². The molecule has 0 N–H and O–H groups in total. The summed E-state index contributed by atoms with van der Waals surface area (Å²) in [6.07, 6.45) is 5.11. The number of hydrogen-bond acceptors (Lipinski definition) is 3. The molecule has 2 aromatic rings. The molecule has 0 saturated heterocycles. The average Bonchev–Trinajstić information content (AvgIpc) is 2.81. The van der Waals surface area contributed by atoms with Crippen LogP contribution in [0.15, 0.2) is 36.8 Å². The first-order valence-corrected chi connectivity index (χ1v) is 4.86. The maximum absolute atomic E-state index is 11.7. The van der Waals surface area contributed by atoms with Crippen molar-refractivity contribution in [2.24, 2.45) is 0 Å². The molecule has 82 valence electrons. The molecule has 0 bridgehead atoms. The van der Waals surface area contributed by atoms with Crippen molar-refractivity contribution in [1.82, 2.24) is 19.7 Å². The molecule has 5 heteroatoms. The van der Waals surface area contributed by atoms with Crippen LogP contribution >= 0.6 is 0 Å². The fourth-order valence-corrected chi connectivity index (χ4v) is 1.33. The van der Waals surface area contributed by atoms with E-state index in [0.717, 1.165) is 5.69 Å². The van der Waals surface area contributed by atoms with E-state index < -0.39 is 0 Å². The Kier molecular flexibility index (Phi) is 2.68. The van der Waals surface area contributed by atoms with Crippen LogP contribution in [-0.4, -0.2) is 39.7 Å². The van der Waals surface area contributed by atoms with Gasteiger partial charge in [0.05, 0.1) is 5.69 Å². The standard InChI is InChI=1S/C11H12N4O/c1-14(2)11(16)10-8-9(4-6-12-10)15-7-3-5-13-15/h3-8H,1-2H3. The van der Waals surface area contributed by atoms with Crippen molar-refractivity contribution >= 4 is 5.91 Å². The van der Waals surface area contributed by atoms with E-state index >= 15 is 0 Å². The van der Waals surface area contributed by atoms with E-state index in [4.69, 9.17) is 0 Å². The van der Waals surface area contributed by atoms with E-state index in [1.165, 1.54) is 4.90 Å². The van der Waals surface area contributed by atoms with E-state index in [-0.39, 0.29) is 5.91 Å². The maximum atomic E-state index is 11.7. The SMILES string of the molecule is CN(C)C(=O)c1cc(-n2cccn2)ccn1. The molecule has 2 aromatic heterocycles. The van der Waals surface area contributed by atoms with Gasteiger partial charge in [0.15, 0.2) is 0 Å². The highest BCUT2D eigenvalue weighted by Crippen LogP contribution is 2.08. The van der Waals surface area contributed by atoms with Gasteiger partial charge in [0.2, 0.25) is 0 Å². The fourth-order valence-electron chi connectivity index (χ4n) is 1.33. The molecule has 0 aromatic carbocycles. The van der Waals surface area contributed by atoms with E-state index in [1.807, 2.05) is 12.3 Å². The van der Waals surface area contributed by atoms with Crippen molar-refractivity contribution in [1.29, 1.82) is 0 Å². The minimum atomic E-state index is -0.117. The second-order valence-corrected chi connectivity index (χ2v) is 3.55. The number of carbonyl (C=O) groups excluding carboxylic acids is 1. The molecule has 2 rings (SSSR count). The minimum absolute atomic E-state index is 0.117. The highest BCUT2D eigenvalue weighted by Gasteiger charge is 2.10. The zero-order chi connectivity index (χ0) is 11.5. The lowest BCUT2D eigenvalue weighted by molar-refractivity contribution is 0.0822. The number of rotatable bonds is 2. The predicted molar refractivity (Wildman–Crippen MR) is 59.4 cm³/mol. The Morgan fingerprint density at radius 3 is 2.81 bits per heavy atom. The largest absolute Gasteiger partial charge is 0.343 e. The molecule has 0 radical (unpaired) electrons. The quantitative estimate of drug-likeness (QED) is 0.751. The highest BCUT2D eigenvalue weighted by molar-refractivity contribution is 5.92. The van der Waals surface area contributed by atoms with Crippen LogP contribution in [0.4, 0.5) is 0 Å². The van der Waals surface area contributed by atoms with Gasteiger partial charge >= 0.3 is 0 Å². The van der Waals surface area contributed by atoms with Gasteiger partial charge in [-0.25, -0.2) is 4.68 Å². The molecule has 0 fully saturated rings. The van der Waals surface area contributed by atoms with Crippen LogP contribution in [0.25, 0.3) is 5.69 Å². The van der Waals surface area contributed by atoms with Crippen LogP contribution in [0, 0.1) is 0 Å². The molecule has 0 atom stereocenters. The predicted octanol–water partition coefficient (Wildman–Crippen LogP) is 0.969. The number of amides is 1. The lowest BCUT2D eigenvalue weighted by Crippen LogP contribution is -2.22. The zero-order valence-corrected chi connectivity index (χ0v) is 9.16. The first kappa shape index (κ1) is 10.4. The van der Waals surface area contributed by atoms with Crippen molar-refractivity contribution in [3.05, 3.63) is 42.5 Å². The topological polar surface area (TPSA) is 51.0 Å². The molecular weight excluding hydrogens is 204 g/mol. The third-order valence-electron chi connectivity index (χ3n) is 2.14. The molecule has 5 nitrogen and oxygen atoms in total. The monoisotopic (exact) mass is 216 g/mol. The molecular formula is C11H12N4O. The highest BCUT2D eigenvalue weighted by atomic mass is 16.2. The number of hydrogen-bond donors (Lipinski definition) is 0. The molecule has 0 saturated carbocycles. The molecule has 2 heterocycles. The second-order valence-electron chi connectivity index (χ2n) is 3.55. The van der Waals surface area contributed by atoms with Gasteiger partial charge in [-0.1, -0.05) is 0 Å². The van der Waals surface area contributed by atoms with Crippen LogP contribution in [0.3, 0.4) is 0 Å². The molecule has 0 aliphatic heterocycles. The Morgan fingerprint density at radius 2 is 2.19 bits per heavy atom. The Bertz CT molecular complexity index is 490. The molecule has 0 unspecified atom stereocenters. The van der Waals surface area contributed by atoms with Gasteiger partial charge in [-0.05, 0) is 18.2 Å². The molecule has 0 aliphatic carbocycles. The van der Waals surface area contributed by atoms with Crippen molar-refractivity contribution in [3.63, 3.8) is 0 Å². The zero-order valence-electron chi connectivity index (χ0n) is 9.16. The summed E-state index contributed by atoms with van der Waals surface area (Å²) in [5.74, 6) is -0.117. The summed E-state index contributed by atoms with van der Waals surface area (Å²) in [6, 6.07) is 5.35. The van der Waals surface area contributed by atoms with Gasteiger partial charge in [-0.2, -0.15) is 5.10 Å². The average molecular weight is 216 g/mol. The summed E-state index contributed by atoms with van der Waals surface area (Å²) < 4.78 is 1.69. The van der Waals surface area contributed by atoms with E-state index in [0.29, 0.717) is 5.69 Å². The van der Waals surface area contributed by atoms with Crippen molar-refractivity contribution in [2.45, 2.75) is 0 Å². The lowest BCUT2D eigenvalue weighted by Gasteiger charge is -2.10. The smallest absolute Gasteiger partial charge is 0.272 e. The first-order chi connectivity index (χ1) is 7.68. The molecule has 1 amide bonds. The summed E-state index contributed by atoms with van der Waals surface area (Å²) in [6.45, 7) is 0. The first-order valence-electron chi connectivity index (χ1n) is 4.86. The van der Waals surface area contributed by atoms with Crippen LogP contribution < -0.4 is 0 Å². The molecule has 0 spiro atoms. The van der Waals surface area contributed by atoms with Gasteiger partial charge in [0.25, 0.3) is 5.91 Å². The fraction of sp³-hybridized carbons (Fsp3) is 0.182. The Hall–Kier alpha value is -2.17. The summed E-state index contributed by atoms with van der Waals surface area (Å²) >= 11 is 0. The number of carbonyl (C=O) groups is 1. The number of aromatic nitrogens is 3. The normalized spacial score (nSPS) is 10.1. The van der Waals surface area contributed by atoms with Crippen molar-refractivity contribution in [3.8, 4) is 5.69 Å². The summed E-state index contributed by atoms with van der Waals surface area (Å²) in [5.41, 5.74) is 1.24. The Balaban J connectivity index is 2.37. The molecule has 16 heavy (non-hydrogen) atoms. The Morgan fingerprint density at radius 1 is 1.38 bits per heavy atom. The van der Waals surface area contributed by atoms with Crippen LogP contribution in [0.5, 0.6) is 0 Å². The third kappa shape index (κ3) is 1.93. The summed E-state index contributed by atoms with van der Waals surface area (Å²) in [7, 11) is 3.40. The second kappa shape index (κ2) is 4.14. The number of nitrogens with zero attached hydrogens (tertiary/aromatic N) is 4. The van der Waals surface area contributed by atoms with Gasteiger partial charge in [-0.15, -0.1) is 0 Å². The van der Waals surface area contributed by atoms with E-state index in [9.17, 15) is 4.79 Å². The van der Waals surface area contributed by atoms with E-state index in [1.54, 1.807) is 43.3 Å². The van der Waals surface area contributed by atoms with Crippen LogP contribution in [-0.2, 0) is 0 Å². The van der Waals surface area contributed by atoms with Crippen LogP contribution in [0.2, 0.25) is 0 Å². The van der Waals surface area contributed by atoms with Gasteiger partial charge in [-0.3, -0.25) is 9.78 Å². The third-order valence-corrected chi connectivity index (χ3v) is 2.14. The van der Waals surface area contributed by atoms with Gasteiger partial charge in [0, 0.05) is 32.7 Å². The van der Waals surface area contributed by atoms with Gasteiger partial charge < -0.3 is 4.90 Å². The maximum Gasteiger partial charge on any atom is 0.272 e. The molecule has 0 aliphatic rings. The lowest BCUT2D eigenvalue weighted by atomic mass is 10.3. The van der Waals surface area contributed by atoms with Crippen molar-refractivity contribution in [2.75, 3.05) is 14.1 Å². The number of pyridine rings is 1. The van der Waals surface area contributed by atoms with Gasteiger partial charge in [0.1, 0.15) is 5.69 Å². The van der Waals surface area contributed by atoms with E-state index in [2.05, 4.69) is 10.1 Å². The Labute approximate surface area is 93.3 Å². The minimum Gasteiger partial charge on any atom is -0.343 e. The van der Waals surface area contributed by atoms with Crippen LogP contribution in [0.1, 0.15) is 10.5 Å².